The highest BCUT2D eigenvalue weighted by Crippen LogP contribution is 2.24. The van der Waals surface area contributed by atoms with E-state index in [4.69, 9.17) is 0 Å². The van der Waals surface area contributed by atoms with Gasteiger partial charge in [0.1, 0.15) is 11.3 Å². The van der Waals surface area contributed by atoms with Crippen molar-refractivity contribution in [2.24, 2.45) is 7.05 Å². The van der Waals surface area contributed by atoms with Crippen LogP contribution in [0, 0.1) is 0 Å². The number of aromatic nitrogens is 4. The molecule has 106 valence electrons. The van der Waals surface area contributed by atoms with Gasteiger partial charge in [-0.3, -0.25) is 4.68 Å². The molecule has 0 amide bonds. The Hall–Kier alpha value is -2.41. The van der Waals surface area contributed by atoms with Crippen molar-refractivity contribution in [1.82, 2.24) is 19.6 Å². The number of carbonyl (C=O) groups is 1. The van der Waals surface area contributed by atoms with Crippen LogP contribution < -0.4 is 0 Å². The Kier molecular flexibility index (Phi) is 3.34. The molecule has 21 heavy (non-hydrogen) atoms. The second-order valence-corrected chi connectivity index (χ2v) is 5.38. The molecule has 0 spiro atoms. The summed E-state index contributed by atoms with van der Waals surface area (Å²) in [5, 5.41) is 17.8. The van der Waals surface area contributed by atoms with Crippen molar-refractivity contribution in [3.8, 4) is 17.1 Å². The first kappa shape index (κ1) is 13.6. The third-order valence-corrected chi connectivity index (χ3v) is 3.57. The number of carboxylic acids is 1. The molecule has 0 saturated heterocycles. The van der Waals surface area contributed by atoms with Crippen LogP contribution in [0.2, 0.25) is 0 Å². The van der Waals surface area contributed by atoms with Gasteiger partial charge in [0.15, 0.2) is 0 Å². The van der Waals surface area contributed by atoms with Crippen LogP contribution in [0.4, 0.5) is 0 Å². The lowest BCUT2D eigenvalue weighted by atomic mass is 10.2. The van der Waals surface area contributed by atoms with Crippen molar-refractivity contribution in [2.45, 2.75) is 0 Å². The largest absolute Gasteiger partial charge is 0.478 e. The van der Waals surface area contributed by atoms with Gasteiger partial charge in [0, 0.05) is 23.9 Å². The maximum absolute atomic E-state index is 11.4. The summed E-state index contributed by atoms with van der Waals surface area (Å²) < 4.78 is 4.05. The zero-order valence-corrected chi connectivity index (χ0v) is 12.6. The number of carboxylic acid groups (broad SMARTS) is 1. The van der Waals surface area contributed by atoms with Crippen molar-refractivity contribution >= 4 is 21.9 Å². The summed E-state index contributed by atoms with van der Waals surface area (Å²) in [6.07, 6.45) is 3.12. The highest BCUT2D eigenvalue weighted by Gasteiger charge is 2.19. The first-order valence-electron chi connectivity index (χ1n) is 6.13. The van der Waals surface area contributed by atoms with Crippen molar-refractivity contribution in [3.63, 3.8) is 0 Å². The number of hydrogen-bond acceptors (Lipinski definition) is 3. The Morgan fingerprint density at radius 1 is 1.33 bits per heavy atom. The summed E-state index contributed by atoms with van der Waals surface area (Å²) in [4.78, 5) is 11.4. The monoisotopic (exact) mass is 346 g/mol. The number of aryl methyl sites for hydroxylation is 1. The predicted molar refractivity (Wildman–Crippen MR) is 80.4 cm³/mol. The molecule has 0 unspecified atom stereocenters. The third kappa shape index (κ3) is 2.47. The van der Waals surface area contributed by atoms with Crippen LogP contribution in [0.1, 0.15) is 10.4 Å². The van der Waals surface area contributed by atoms with E-state index in [9.17, 15) is 9.90 Å². The second kappa shape index (κ2) is 5.17. The fraction of sp³-hybridized carbons (Fsp3) is 0.0714. The van der Waals surface area contributed by atoms with Gasteiger partial charge in [0.25, 0.3) is 0 Å². The first-order chi connectivity index (χ1) is 10.1. The minimum atomic E-state index is -1.02. The molecule has 0 radical (unpaired) electrons. The zero-order chi connectivity index (χ0) is 15.0. The van der Waals surface area contributed by atoms with Crippen LogP contribution in [0.25, 0.3) is 17.1 Å². The van der Waals surface area contributed by atoms with Gasteiger partial charge in [-0.25, -0.2) is 9.48 Å². The fourth-order valence-corrected chi connectivity index (χ4v) is 2.46. The maximum atomic E-state index is 11.4. The van der Waals surface area contributed by atoms with Crippen LogP contribution in [0.15, 0.2) is 47.2 Å². The van der Waals surface area contributed by atoms with Gasteiger partial charge >= 0.3 is 5.97 Å². The third-order valence-electron chi connectivity index (χ3n) is 3.08. The number of hydrogen-bond donors (Lipinski definition) is 1. The van der Waals surface area contributed by atoms with Crippen LogP contribution in [0.3, 0.4) is 0 Å². The molecule has 7 heteroatoms. The van der Waals surface area contributed by atoms with Gasteiger partial charge in [-0.1, -0.05) is 22.0 Å². The number of halogens is 1. The van der Waals surface area contributed by atoms with E-state index in [1.54, 1.807) is 28.7 Å². The molecule has 3 aromatic rings. The minimum absolute atomic E-state index is 0.138. The summed E-state index contributed by atoms with van der Waals surface area (Å²) in [6, 6.07) is 9.22. The van der Waals surface area contributed by atoms with Crippen LogP contribution in [0.5, 0.6) is 0 Å². The smallest absolute Gasteiger partial charge is 0.339 e. The molecular weight excluding hydrogens is 336 g/mol. The quantitative estimate of drug-likeness (QED) is 0.791. The molecule has 0 aliphatic heterocycles. The van der Waals surface area contributed by atoms with Crippen molar-refractivity contribution in [1.29, 1.82) is 0 Å². The standard InChI is InChI=1S/C14H11BrN4O2/c1-18-12(5-6-16-18)13-11(14(20)21)8-19(17-13)10-4-2-3-9(15)7-10/h2-8H,1H3,(H,20,21). The van der Waals surface area contributed by atoms with Gasteiger partial charge in [-0.05, 0) is 24.3 Å². The molecule has 0 bridgehead atoms. The zero-order valence-electron chi connectivity index (χ0n) is 11.1. The van der Waals surface area contributed by atoms with Crippen LogP contribution in [-0.4, -0.2) is 30.6 Å². The van der Waals surface area contributed by atoms with Gasteiger partial charge < -0.3 is 5.11 Å². The average Bonchev–Trinajstić information content (AvgIpc) is 3.04. The first-order valence-corrected chi connectivity index (χ1v) is 6.93. The molecule has 0 atom stereocenters. The Bertz CT molecular complexity index is 822. The van der Waals surface area contributed by atoms with Crippen molar-refractivity contribution in [2.75, 3.05) is 0 Å². The topological polar surface area (TPSA) is 72.9 Å². The van der Waals surface area contributed by atoms with E-state index in [1.807, 2.05) is 24.3 Å². The summed E-state index contributed by atoms with van der Waals surface area (Å²) in [5.74, 6) is -1.02. The lowest BCUT2D eigenvalue weighted by Crippen LogP contribution is -2.00. The molecule has 0 aliphatic rings. The summed E-state index contributed by atoms with van der Waals surface area (Å²) >= 11 is 3.39. The van der Waals surface area contributed by atoms with Gasteiger partial charge in [0.2, 0.25) is 0 Å². The molecule has 3 rings (SSSR count). The Morgan fingerprint density at radius 3 is 2.76 bits per heavy atom. The molecule has 1 aromatic carbocycles. The highest BCUT2D eigenvalue weighted by molar-refractivity contribution is 9.10. The van der Waals surface area contributed by atoms with E-state index in [0.717, 1.165) is 10.2 Å². The van der Waals surface area contributed by atoms with Crippen molar-refractivity contribution in [3.05, 3.63) is 52.8 Å². The van der Waals surface area contributed by atoms with Crippen LogP contribution in [-0.2, 0) is 7.05 Å². The van der Waals surface area contributed by atoms with E-state index >= 15 is 0 Å². The highest BCUT2D eigenvalue weighted by atomic mass is 79.9. The summed E-state index contributed by atoms with van der Waals surface area (Å²) in [6.45, 7) is 0. The number of benzene rings is 1. The van der Waals surface area contributed by atoms with E-state index in [2.05, 4.69) is 26.1 Å². The Labute approximate surface area is 128 Å². The van der Waals surface area contributed by atoms with E-state index in [0.29, 0.717) is 11.4 Å². The molecule has 2 aromatic heterocycles. The molecular formula is C14H11BrN4O2. The molecule has 2 heterocycles. The molecule has 0 fully saturated rings. The number of nitrogens with zero attached hydrogens (tertiary/aromatic N) is 4. The van der Waals surface area contributed by atoms with E-state index in [1.165, 1.54) is 6.20 Å². The average molecular weight is 347 g/mol. The molecule has 0 saturated carbocycles. The fourth-order valence-electron chi connectivity index (χ4n) is 2.08. The minimum Gasteiger partial charge on any atom is -0.478 e. The number of aromatic carboxylic acids is 1. The van der Waals surface area contributed by atoms with Gasteiger partial charge in [-0.15, -0.1) is 0 Å². The van der Waals surface area contributed by atoms with E-state index in [-0.39, 0.29) is 5.56 Å². The molecule has 1 N–H and O–H groups in total. The second-order valence-electron chi connectivity index (χ2n) is 4.46. The lowest BCUT2D eigenvalue weighted by Gasteiger charge is -2.01. The van der Waals surface area contributed by atoms with Gasteiger partial charge in [0.05, 0.1) is 11.4 Å². The normalized spacial score (nSPS) is 10.8. The Morgan fingerprint density at radius 2 is 2.14 bits per heavy atom. The number of rotatable bonds is 3. The van der Waals surface area contributed by atoms with Crippen LogP contribution >= 0.6 is 15.9 Å². The van der Waals surface area contributed by atoms with Crippen molar-refractivity contribution < 1.29 is 9.90 Å². The molecule has 0 aliphatic carbocycles. The Balaban J connectivity index is 2.18. The lowest BCUT2D eigenvalue weighted by molar-refractivity contribution is 0.0697. The summed E-state index contributed by atoms with van der Waals surface area (Å²) in [5.41, 5.74) is 1.96. The molecule has 6 nitrogen and oxygen atoms in total. The predicted octanol–water partition coefficient (Wildman–Crippen LogP) is 2.73. The SMILES string of the molecule is Cn1nccc1-c1nn(-c2cccc(Br)c2)cc1C(=O)O. The van der Waals surface area contributed by atoms with E-state index < -0.39 is 5.97 Å². The summed E-state index contributed by atoms with van der Waals surface area (Å²) in [7, 11) is 1.75. The maximum Gasteiger partial charge on any atom is 0.339 e. The van der Waals surface area contributed by atoms with Gasteiger partial charge in [-0.2, -0.15) is 10.2 Å².